The summed E-state index contributed by atoms with van der Waals surface area (Å²) in [6.45, 7) is 2.42. The van der Waals surface area contributed by atoms with Gasteiger partial charge >= 0.3 is 17.1 Å². The van der Waals surface area contributed by atoms with Crippen LogP contribution < -0.4 is 49.7 Å². The second-order valence-electron chi connectivity index (χ2n) is 23.8. The van der Waals surface area contributed by atoms with E-state index in [2.05, 4.69) is 95.5 Å². The van der Waals surface area contributed by atoms with E-state index in [9.17, 15) is 79.8 Å². The number of anilines is 3. The summed E-state index contributed by atoms with van der Waals surface area (Å²) in [5.41, 5.74) is -1.22. The van der Waals surface area contributed by atoms with Gasteiger partial charge in [0.1, 0.15) is 109 Å². The number of hydrogen-bond acceptors (Lipinski definition) is 35. The Hall–Kier alpha value is -1.81. The van der Waals surface area contributed by atoms with Gasteiger partial charge in [0.2, 0.25) is 5.95 Å². The largest absolute Gasteiger partial charge is 0.387 e. The SMILES string of the molecule is CNc1ccn([C@@H]2O[C@H](COPPP)[C@H](O)C2O)c(=O)n1.CNc1nc2c(ncn2[C@@H]2O[C@H](COPPP)[C@H](O)C2O)c(=O)[nH]1.CNc1ncnc2c1ncn2[C@@H]1O[C@H](COPPP)[C@H](O)C1O.Cc1cn([C@@H]2O[C@H](COPPP)[C@H](O)C2O)c(=O)n(C)c1=O.Cn1c(=O)ccn([C@@H]2O[C@H](COPPP)[C@H](O)C2O)c1=O. The Balaban J connectivity index is 0.000000174. The van der Waals surface area contributed by atoms with Gasteiger partial charge in [-0.05, 0) is 13.0 Å². The van der Waals surface area contributed by atoms with Crippen LogP contribution in [0.15, 0.2) is 78.5 Å². The van der Waals surface area contributed by atoms with Crippen LogP contribution in [-0.4, -0.2) is 264 Å². The first-order chi connectivity index (χ1) is 53.2. The molecule has 5 fully saturated rings. The Kier molecular flexibility index (Phi) is 39.3. The Morgan fingerprint density at radius 3 is 1.25 bits per heavy atom. The van der Waals surface area contributed by atoms with E-state index in [-0.39, 0.29) is 67.1 Å². The summed E-state index contributed by atoms with van der Waals surface area (Å²) >= 11 is 0. The third kappa shape index (κ3) is 23.6. The predicted octanol–water partition coefficient (Wildman–Crippen LogP) is -1.22. The number of hydrogen-bond donors (Lipinski definition) is 14. The highest BCUT2D eigenvalue weighted by Gasteiger charge is 2.49. The first-order valence-electron chi connectivity index (χ1n) is 32.7. The number of ether oxygens (including phenoxy) is 5. The van der Waals surface area contributed by atoms with Crippen molar-refractivity contribution in [1.82, 2.24) is 66.9 Å². The molecule has 43 nitrogen and oxygen atoms in total. The van der Waals surface area contributed by atoms with E-state index in [1.165, 1.54) is 62.3 Å². The number of rotatable bonds is 28. The third-order valence-corrected chi connectivity index (χ3v) is 28.4. The summed E-state index contributed by atoms with van der Waals surface area (Å²) in [5.74, 6) is 1.28. The van der Waals surface area contributed by atoms with E-state index >= 15 is 0 Å². The van der Waals surface area contributed by atoms with E-state index in [0.717, 1.165) is 22.8 Å². The maximum Gasteiger partial charge on any atom is 0.351 e. The van der Waals surface area contributed by atoms with Gasteiger partial charge in [0.15, 0.2) is 53.8 Å². The summed E-state index contributed by atoms with van der Waals surface area (Å²) in [7, 11) is 24.9. The molecule has 58 heteroatoms. The first kappa shape index (κ1) is 94.7. The second kappa shape index (κ2) is 46.1. The number of nitrogens with one attached hydrogen (secondary N) is 4. The number of aromatic nitrogens is 14. The van der Waals surface area contributed by atoms with Crippen LogP contribution in [0.25, 0.3) is 22.3 Å². The standard InChI is InChI=1S/C11H18N5O5P3.C11H18N5O4P3.C11H19N2O6P3.C10H18N3O5P3.C10H17N2O6P3/c1-12-11-14-8-5(9(19)15-11)13-3-16(8)10-7(18)6(17)4(21-10)2-20-23-24-22;1-12-9-6-10(14-3-13-9)16(4-15-6)11-8(18)7(17)5(20-11)2-19-22-23-21;1-5-3-13(11(17)12(2)9(5)16)10-8(15)7(14)6(19-10)4-18-21-22-20;1-11-6-2-3-13(10(16)12-6)9-8(15)7(14)5(18-9)4-17-20-21-19;1-11-6(13)2-3-12(10(11)16)9-8(15)7(14)5(18-9)4-17-20-21-19/h3-4,6-7,10,17-18,23-24H,2,22H2,1H3,(H2,12,14,15,19);3-5,7-8,11,17-18,22-23H,2,21H2,1H3,(H,12,13,14);3,6-8,10,14-15,21-22H,4,20H2,1-2H3;2-3,5,7-9,14-15,20-21H,4,19H2,1H3,(H,11,12,16);2-3,5,7-9,14-15,20-21H,4,19H2,1H3/t4-,6+,7?,10-;5-,7+,8?,11-;6-,7+,8?,10-;2*5-,7+,8?,9-/m11111/s1. The van der Waals surface area contributed by atoms with Crippen LogP contribution in [0.5, 0.6) is 0 Å². The third-order valence-electron chi connectivity index (χ3n) is 17.0. The zero-order valence-electron chi connectivity index (χ0n) is 59.4. The first-order valence-corrected chi connectivity index (χ1v) is 56.3. The molecular formula is C53H90N17O26P15. The van der Waals surface area contributed by atoms with Gasteiger partial charge in [-0.3, -0.25) is 51.3 Å². The Morgan fingerprint density at radius 2 is 0.847 bits per heavy atom. The highest BCUT2D eigenvalue weighted by Crippen LogP contribution is 2.48. The molecule has 5 aliphatic rings. The molecular weight excluding hydrogens is 1760 g/mol. The molecule has 0 bridgehead atoms. The van der Waals surface area contributed by atoms with Crippen LogP contribution in [0, 0.1) is 6.92 Å². The maximum atomic E-state index is 12.2. The predicted molar refractivity (Wildman–Crippen MR) is 448 cm³/mol. The molecule has 5 saturated heterocycles. The zero-order chi connectivity index (χ0) is 81.1. The quantitative estimate of drug-likeness (QED) is 0.0202. The minimum absolute atomic E-state index is 0.129. The molecule has 0 spiro atoms. The lowest BCUT2D eigenvalue weighted by atomic mass is 10.1. The molecule has 111 heavy (non-hydrogen) atoms. The molecule has 0 amide bonds. The van der Waals surface area contributed by atoms with Gasteiger partial charge in [0, 0.05) is 108 Å². The number of fused-ring (bicyclic) bond motifs is 2. The summed E-state index contributed by atoms with van der Waals surface area (Å²) in [6, 6.07) is 2.79. The molecule has 20 unspecified atom stereocenters. The Bertz CT molecular complexity index is 4510. The number of aromatic amines is 1. The van der Waals surface area contributed by atoms with Gasteiger partial charge in [-0.25, -0.2) is 34.3 Å². The molecule has 0 aromatic carbocycles. The molecule has 0 saturated carbocycles. The van der Waals surface area contributed by atoms with Crippen molar-refractivity contribution in [3.63, 3.8) is 0 Å². The molecule has 0 radical (unpaired) electrons. The van der Waals surface area contributed by atoms with Crippen molar-refractivity contribution in [3.8, 4) is 0 Å². The smallest absolute Gasteiger partial charge is 0.351 e. The van der Waals surface area contributed by atoms with Crippen molar-refractivity contribution in [3.05, 3.63) is 118 Å². The average molecular weight is 1850 g/mol. The molecule has 0 aliphatic carbocycles. The van der Waals surface area contributed by atoms with E-state index in [4.69, 9.17) is 46.3 Å². The number of nitrogens with zero attached hydrogens (tertiary/aromatic N) is 13. The molecule has 618 valence electrons. The summed E-state index contributed by atoms with van der Waals surface area (Å²) in [5, 5.41) is 110. The van der Waals surface area contributed by atoms with Crippen LogP contribution >= 0.6 is 127 Å². The van der Waals surface area contributed by atoms with E-state index in [1.807, 2.05) is 0 Å². The molecule has 14 N–H and O–H groups in total. The van der Waals surface area contributed by atoms with Crippen molar-refractivity contribution in [2.75, 3.05) is 70.1 Å². The number of aliphatic hydroxyl groups is 10. The van der Waals surface area contributed by atoms with Crippen LogP contribution in [0.4, 0.5) is 17.6 Å². The number of aryl methyl sites for hydroxylation is 1. The minimum atomic E-state index is -1.27. The van der Waals surface area contributed by atoms with Gasteiger partial charge < -0.3 is 113 Å². The fourth-order valence-electron chi connectivity index (χ4n) is 11.3. The molecule has 7 aromatic heterocycles. The lowest BCUT2D eigenvalue weighted by Gasteiger charge is -2.18. The molecule has 12 heterocycles. The van der Waals surface area contributed by atoms with Crippen LogP contribution in [0.1, 0.15) is 36.7 Å². The molecule has 5 aliphatic heterocycles. The highest BCUT2D eigenvalue weighted by molar-refractivity contribution is 8.39. The van der Waals surface area contributed by atoms with Gasteiger partial charge in [0.25, 0.3) is 16.7 Å². The fraction of sp³-hybridized carbons (Fsp3) is 0.585. The lowest BCUT2D eigenvalue weighted by Crippen LogP contribution is -2.43. The van der Waals surface area contributed by atoms with E-state index in [1.54, 1.807) is 38.7 Å². The van der Waals surface area contributed by atoms with Crippen molar-refractivity contribution < 1.29 is 97.4 Å². The van der Waals surface area contributed by atoms with Crippen molar-refractivity contribution in [1.29, 1.82) is 0 Å². The summed E-state index contributed by atoms with van der Waals surface area (Å²) in [4.78, 5) is 98.3. The number of aliphatic hydroxyl groups excluding tert-OH is 10. The number of H-pyrrole nitrogens is 1. The average Bonchev–Trinajstić information content (AvgIpc) is 1.68. The van der Waals surface area contributed by atoms with Crippen molar-refractivity contribution in [2.24, 2.45) is 14.1 Å². The lowest BCUT2D eigenvalue weighted by molar-refractivity contribution is -0.0505. The minimum Gasteiger partial charge on any atom is -0.387 e. The summed E-state index contributed by atoms with van der Waals surface area (Å²) in [6.07, 6.45) is -11.3. The van der Waals surface area contributed by atoms with Gasteiger partial charge in [-0.2, -0.15) is 9.97 Å². The monoisotopic (exact) mass is 1850 g/mol. The normalized spacial score (nSPS) is 29.2. The number of imidazole rings is 2. The molecule has 7 aromatic rings. The topological polar surface area (TPSA) is 561 Å². The fourth-order valence-corrected chi connectivity index (χ4v) is 19.2. The molecule has 35 atom stereocenters. The van der Waals surface area contributed by atoms with Gasteiger partial charge in [-0.15, -0.1) is 44.6 Å². The van der Waals surface area contributed by atoms with Crippen LogP contribution in [0.2, 0.25) is 0 Å². The zero-order valence-corrected chi connectivity index (χ0v) is 75.2. The van der Waals surface area contributed by atoms with Gasteiger partial charge in [0.05, 0.1) is 45.7 Å². The van der Waals surface area contributed by atoms with Crippen molar-refractivity contribution in [2.45, 2.75) is 130 Å². The van der Waals surface area contributed by atoms with Crippen LogP contribution in [-0.2, 0) is 60.4 Å². The van der Waals surface area contributed by atoms with E-state index in [0.29, 0.717) is 93.6 Å². The second-order valence-corrected chi connectivity index (χ2v) is 48.1. The van der Waals surface area contributed by atoms with Crippen LogP contribution in [0.3, 0.4) is 0 Å². The Labute approximate surface area is 659 Å². The highest BCUT2D eigenvalue weighted by atomic mass is 32.4. The maximum absolute atomic E-state index is 12.2. The summed E-state index contributed by atoms with van der Waals surface area (Å²) < 4.78 is 63.3. The van der Waals surface area contributed by atoms with Crippen molar-refractivity contribution >= 4 is 167 Å². The van der Waals surface area contributed by atoms with E-state index < -0.39 is 156 Å². The Morgan fingerprint density at radius 1 is 0.459 bits per heavy atom. The van der Waals surface area contributed by atoms with Gasteiger partial charge in [-0.1, -0.05) is 39.8 Å². The molecule has 12 rings (SSSR count).